The van der Waals surface area contributed by atoms with Gasteiger partial charge in [-0.15, -0.1) is 0 Å². The van der Waals surface area contributed by atoms with Crippen LogP contribution >= 0.6 is 0 Å². The number of benzene rings is 2. The average molecular weight is 257 g/mol. The first-order chi connectivity index (χ1) is 9.17. The summed E-state index contributed by atoms with van der Waals surface area (Å²) in [6.45, 7) is 1.94. The molecule has 0 heterocycles. The highest BCUT2D eigenvalue weighted by atomic mass is 16.6. The van der Waals surface area contributed by atoms with Crippen LogP contribution in [0, 0.1) is 6.92 Å². The van der Waals surface area contributed by atoms with Gasteiger partial charge >= 0.3 is 6.09 Å². The lowest BCUT2D eigenvalue weighted by atomic mass is 10.2. The Bertz CT molecular complexity index is 564. The summed E-state index contributed by atoms with van der Waals surface area (Å²) in [5.41, 5.74) is 1.69. The molecule has 0 fully saturated rings. The fourth-order valence-corrected chi connectivity index (χ4v) is 1.60. The number of aryl methyl sites for hydroxylation is 1. The van der Waals surface area contributed by atoms with Crippen LogP contribution in [0.1, 0.15) is 5.56 Å². The van der Waals surface area contributed by atoms with Gasteiger partial charge in [0.25, 0.3) is 0 Å². The van der Waals surface area contributed by atoms with Crippen LogP contribution in [0.5, 0.6) is 11.5 Å². The van der Waals surface area contributed by atoms with E-state index in [0.29, 0.717) is 11.4 Å². The molecule has 0 spiro atoms. The molecule has 2 aromatic rings. The van der Waals surface area contributed by atoms with E-state index in [1.54, 1.807) is 43.5 Å². The van der Waals surface area contributed by atoms with Crippen molar-refractivity contribution in [2.75, 3.05) is 12.4 Å². The van der Waals surface area contributed by atoms with E-state index in [1.807, 2.05) is 19.1 Å². The van der Waals surface area contributed by atoms with Crippen LogP contribution in [-0.4, -0.2) is 13.2 Å². The Balaban J connectivity index is 1.97. The molecule has 0 aliphatic rings. The summed E-state index contributed by atoms with van der Waals surface area (Å²) in [7, 11) is 1.59. The maximum atomic E-state index is 11.7. The lowest BCUT2D eigenvalue weighted by Crippen LogP contribution is -2.16. The molecule has 1 N–H and O–H groups in total. The molecule has 0 saturated heterocycles. The zero-order valence-electron chi connectivity index (χ0n) is 10.8. The van der Waals surface area contributed by atoms with Crippen molar-refractivity contribution in [1.82, 2.24) is 0 Å². The van der Waals surface area contributed by atoms with Crippen LogP contribution in [-0.2, 0) is 0 Å². The zero-order valence-corrected chi connectivity index (χ0v) is 10.8. The van der Waals surface area contributed by atoms with E-state index < -0.39 is 6.09 Å². The van der Waals surface area contributed by atoms with E-state index in [1.165, 1.54) is 0 Å². The molecule has 4 heteroatoms. The van der Waals surface area contributed by atoms with Crippen molar-refractivity contribution in [3.05, 3.63) is 54.1 Å². The SMILES string of the molecule is COc1ccc(NC(=O)Oc2cccc(C)c2)cc1. The van der Waals surface area contributed by atoms with E-state index in [2.05, 4.69) is 5.32 Å². The number of anilines is 1. The summed E-state index contributed by atoms with van der Waals surface area (Å²) >= 11 is 0. The van der Waals surface area contributed by atoms with Crippen LogP contribution in [0.4, 0.5) is 10.5 Å². The molecular weight excluding hydrogens is 242 g/mol. The zero-order chi connectivity index (χ0) is 13.7. The second kappa shape index (κ2) is 5.91. The smallest absolute Gasteiger partial charge is 0.417 e. The summed E-state index contributed by atoms with van der Waals surface area (Å²) < 4.78 is 10.2. The van der Waals surface area contributed by atoms with Crippen molar-refractivity contribution in [3.63, 3.8) is 0 Å². The number of amides is 1. The molecule has 0 radical (unpaired) electrons. The molecule has 0 aliphatic carbocycles. The Hall–Kier alpha value is -2.49. The van der Waals surface area contributed by atoms with E-state index >= 15 is 0 Å². The van der Waals surface area contributed by atoms with Crippen molar-refractivity contribution in [2.24, 2.45) is 0 Å². The Morgan fingerprint density at radius 3 is 2.42 bits per heavy atom. The first kappa shape index (κ1) is 13.0. The molecule has 19 heavy (non-hydrogen) atoms. The number of nitrogens with one attached hydrogen (secondary N) is 1. The number of carbonyl (C=O) groups excluding carboxylic acids is 1. The molecule has 4 nitrogen and oxygen atoms in total. The van der Waals surface area contributed by atoms with E-state index in [9.17, 15) is 4.79 Å². The van der Waals surface area contributed by atoms with Gasteiger partial charge < -0.3 is 9.47 Å². The van der Waals surface area contributed by atoms with Gasteiger partial charge in [0, 0.05) is 5.69 Å². The molecule has 0 atom stereocenters. The van der Waals surface area contributed by atoms with Crippen molar-refractivity contribution in [1.29, 1.82) is 0 Å². The Kier molecular flexibility index (Phi) is 4.03. The van der Waals surface area contributed by atoms with Gasteiger partial charge in [0.1, 0.15) is 11.5 Å². The minimum absolute atomic E-state index is 0.518. The fraction of sp³-hybridized carbons (Fsp3) is 0.133. The lowest BCUT2D eigenvalue weighted by molar-refractivity contribution is 0.215. The number of methoxy groups -OCH3 is 1. The third kappa shape index (κ3) is 3.74. The Labute approximate surface area is 112 Å². The molecule has 98 valence electrons. The second-order valence-electron chi connectivity index (χ2n) is 4.06. The van der Waals surface area contributed by atoms with E-state index in [0.717, 1.165) is 11.3 Å². The van der Waals surface area contributed by atoms with Crippen LogP contribution in [0.25, 0.3) is 0 Å². The number of rotatable bonds is 3. The quantitative estimate of drug-likeness (QED) is 0.913. The molecular formula is C15H15NO3. The van der Waals surface area contributed by atoms with Crippen molar-refractivity contribution in [3.8, 4) is 11.5 Å². The minimum atomic E-state index is -0.518. The molecule has 0 aromatic heterocycles. The molecule has 1 amide bonds. The van der Waals surface area contributed by atoms with Gasteiger partial charge in [-0.3, -0.25) is 5.32 Å². The lowest BCUT2D eigenvalue weighted by Gasteiger charge is -2.07. The average Bonchev–Trinajstić information content (AvgIpc) is 2.39. The summed E-state index contributed by atoms with van der Waals surface area (Å²) in [5.74, 6) is 1.25. The minimum Gasteiger partial charge on any atom is -0.497 e. The molecule has 0 bridgehead atoms. The standard InChI is InChI=1S/C15H15NO3/c1-11-4-3-5-14(10-11)19-15(17)16-12-6-8-13(18-2)9-7-12/h3-10H,1-2H3,(H,16,17). The molecule has 0 unspecified atom stereocenters. The molecule has 0 saturated carbocycles. The normalized spacial score (nSPS) is 9.79. The summed E-state index contributed by atoms with van der Waals surface area (Å²) in [5, 5.41) is 2.64. The van der Waals surface area contributed by atoms with Gasteiger partial charge in [-0.1, -0.05) is 12.1 Å². The predicted octanol–water partition coefficient (Wildman–Crippen LogP) is 3.61. The van der Waals surface area contributed by atoms with Crippen LogP contribution in [0.15, 0.2) is 48.5 Å². The summed E-state index contributed by atoms with van der Waals surface area (Å²) in [6, 6.07) is 14.3. The molecule has 0 aliphatic heterocycles. The first-order valence-electron chi connectivity index (χ1n) is 5.87. The highest BCUT2D eigenvalue weighted by Gasteiger charge is 2.05. The topological polar surface area (TPSA) is 47.6 Å². The van der Waals surface area contributed by atoms with Crippen molar-refractivity contribution < 1.29 is 14.3 Å². The van der Waals surface area contributed by atoms with Gasteiger partial charge in [-0.25, -0.2) is 4.79 Å². The van der Waals surface area contributed by atoms with Crippen LogP contribution in [0.2, 0.25) is 0 Å². The van der Waals surface area contributed by atoms with Crippen molar-refractivity contribution in [2.45, 2.75) is 6.92 Å². The van der Waals surface area contributed by atoms with Gasteiger partial charge in [-0.2, -0.15) is 0 Å². The van der Waals surface area contributed by atoms with E-state index in [4.69, 9.17) is 9.47 Å². The third-order valence-electron chi connectivity index (χ3n) is 2.54. The first-order valence-corrected chi connectivity index (χ1v) is 5.87. The Morgan fingerprint density at radius 1 is 1.05 bits per heavy atom. The summed E-state index contributed by atoms with van der Waals surface area (Å²) in [4.78, 5) is 11.7. The summed E-state index contributed by atoms with van der Waals surface area (Å²) in [6.07, 6.45) is -0.518. The highest BCUT2D eigenvalue weighted by Crippen LogP contribution is 2.16. The Morgan fingerprint density at radius 2 is 1.79 bits per heavy atom. The van der Waals surface area contributed by atoms with Crippen LogP contribution < -0.4 is 14.8 Å². The fourth-order valence-electron chi connectivity index (χ4n) is 1.60. The predicted molar refractivity (Wildman–Crippen MR) is 73.8 cm³/mol. The number of ether oxygens (including phenoxy) is 2. The van der Waals surface area contributed by atoms with Crippen molar-refractivity contribution >= 4 is 11.8 Å². The second-order valence-corrected chi connectivity index (χ2v) is 4.06. The number of hydrogen-bond acceptors (Lipinski definition) is 3. The number of carbonyl (C=O) groups is 1. The van der Waals surface area contributed by atoms with E-state index in [-0.39, 0.29) is 0 Å². The van der Waals surface area contributed by atoms with Gasteiger partial charge in [0.15, 0.2) is 0 Å². The maximum Gasteiger partial charge on any atom is 0.417 e. The van der Waals surface area contributed by atoms with Crippen LogP contribution in [0.3, 0.4) is 0 Å². The van der Waals surface area contributed by atoms with Gasteiger partial charge in [0.2, 0.25) is 0 Å². The third-order valence-corrected chi connectivity index (χ3v) is 2.54. The number of hydrogen-bond donors (Lipinski definition) is 1. The molecule has 2 rings (SSSR count). The monoisotopic (exact) mass is 257 g/mol. The molecule has 2 aromatic carbocycles. The van der Waals surface area contributed by atoms with Gasteiger partial charge in [0.05, 0.1) is 7.11 Å². The largest absolute Gasteiger partial charge is 0.497 e. The highest BCUT2D eigenvalue weighted by molar-refractivity contribution is 5.86. The van der Waals surface area contributed by atoms with Gasteiger partial charge in [-0.05, 0) is 48.9 Å². The maximum absolute atomic E-state index is 11.7.